The Morgan fingerprint density at radius 1 is 0.551 bits per heavy atom. The van der Waals surface area contributed by atoms with Crippen LogP contribution in [0.25, 0.3) is 32.3 Å². The van der Waals surface area contributed by atoms with Crippen LogP contribution in [-0.4, -0.2) is 6.71 Å². The Morgan fingerprint density at radius 3 is 1.73 bits per heavy atom. The van der Waals surface area contributed by atoms with E-state index in [9.17, 15) is 0 Å². The highest BCUT2D eigenvalue weighted by Crippen LogP contribution is 2.61. The first-order valence-electron chi connectivity index (χ1n) is 29.2. The highest BCUT2D eigenvalue weighted by atomic mass is 32.1. The van der Waals surface area contributed by atoms with Gasteiger partial charge in [-0.05, 0) is 205 Å². The summed E-state index contributed by atoms with van der Waals surface area (Å²) >= 11 is 2.02. The first-order chi connectivity index (χ1) is 36.6. The lowest BCUT2D eigenvalue weighted by molar-refractivity contribution is 0.122. The Kier molecular flexibility index (Phi) is 11.2. The smallest absolute Gasteiger partial charge is 0.260 e. The molecule has 1 saturated carbocycles. The largest absolute Gasteiger partial charge is 0.312 e. The van der Waals surface area contributed by atoms with Crippen molar-refractivity contribution in [3.8, 4) is 22.3 Å². The fourth-order valence-electron chi connectivity index (χ4n) is 15.4. The van der Waals surface area contributed by atoms with Gasteiger partial charge in [0.15, 0.2) is 0 Å². The van der Waals surface area contributed by atoms with E-state index in [2.05, 4.69) is 193 Å². The molecular formula is C72H79BF2N2S. The van der Waals surface area contributed by atoms with Crippen molar-refractivity contribution < 1.29 is 8.78 Å². The highest BCUT2D eigenvalue weighted by Gasteiger charge is 2.53. The number of hydrogen-bond donors (Lipinski definition) is 0. The van der Waals surface area contributed by atoms with Crippen molar-refractivity contribution in [3.63, 3.8) is 0 Å². The lowest BCUT2D eigenvalue weighted by Gasteiger charge is -2.53. The van der Waals surface area contributed by atoms with Gasteiger partial charge < -0.3 is 9.80 Å². The second-order valence-corrected chi connectivity index (χ2v) is 30.7. The zero-order valence-corrected chi connectivity index (χ0v) is 49.9. The van der Waals surface area contributed by atoms with Crippen LogP contribution < -0.4 is 20.0 Å². The second kappa shape index (κ2) is 16.9. The molecule has 1 aromatic heterocycles. The molecule has 400 valence electrons. The van der Waals surface area contributed by atoms with Gasteiger partial charge >= 0.3 is 0 Å². The third-order valence-corrected chi connectivity index (χ3v) is 21.9. The van der Waals surface area contributed by atoms with Crippen LogP contribution in [0.1, 0.15) is 177 Å². The van der Waals surface area contributed by atoms with Crippen LogP contribution in [0, 0.1) is 28.4 Å². The van der Waals surface area contributed by atoms with Crippen molar-refractivity contribution in [1.82, 2.24) is 0 Å². The fraction of sp³-hybridized carbons (Fsp3) is 0.417. The molecule has 6 aromatic carbocycles. The highest BCUT2D eigenvalue weighted by molar-refractivity contribution is 7.32. The number of anilines is 5. The quantitative estimate of drug-likeness (QED) is 0.162. The van der Waals surface area contributed by atoms with Crippen molar-refractivity contribution in [1.29, 1.82) is 0 Å². The number of nitrogens with zero attached hydrogens (tertiary/aromatic N) is 2. The van der Waals surface area contributed by atoms with E-state index in [0.717, 1.165) is 66.7 Å². The number of halogens is 2. The van der Waals surface area contributed by atoms with E-state index in [-0.39, 0.29) is 50.2 Å². The third kappa shape index (κ3) is 7.70. The van der Waals surface area contributed by atoms with E-state index in [1.807, 2.05) is 29.5 Å². The number of allylic oxidation sites excluding steroid dienone is 3. The molecule has 0 amide bonds. The molecule has 3 heterocycles. The van der Waals surface area contributed by atoms with Crippen molar-refractivity contribution in [2.45, 2.75) is 176 Å². The van der Waals surface area contributed by atoms with Crippen LogP contribution in [0.5, 0.6) is 0 Å². The number of benzene rings is 6. The summed E-state index contributed by atoms with van der Waals surface area (Å²) in [6.45, 7) is 36.4. The maximum Gasteiger partial charge on any atom is 0.260 e. The normalized spacial score (nSPS) is 21.7. The van der Waals surface area contributed by atoms with Crippen LogP contribution >= 0.6 is 11.3 Å². The minimum atomic E-state index is -0.566. The van der Waals surface area contributed by atoms with Gasteiger partial charge in [0.2, 0.25) is 0 Å². The Bertz CT molecular complexity index is 3740. The van der Waals surface area contributed by atoms with Crippen LogP contribution in [0.15, 0.2) is 132 Å². The van der Waals surface area contributed by atoms with E-state index in [0.29, 0.717) is 11.5 Å². The molecule has 6 aliphatic rings. The van der Waals surface area contributed by atoms with E-state index >= 15 is 8.78 Å². The summed E-state index contributed by atoms with van der Waals surface area (Å²) in [5, 5.41) is 1.31. The summed E-state index contributed by atoms with van der Waals surface area (Å²) in [5.41, 5.74) is 21.0. The molecule has 0 spiro atoms. The Morgan fingerprint density at radius 2 is 1.10 bits per heavy atom. The zero-order chi connectivity index (χ0) is 55.2. The van der Waals surface area contributed by atoms with Gasteiger partial charge in [0.05, 0.1) is 11.3 Å². The van der Waals surface area contributed by atoms with Gasteiger partial charge in [-0.15, -0.1) is 11.3 Å². The minimum absolute atomic E-state index is 0.0000202. The Labute approximate surface area is 469 Å². The van der Waals surface area contributed by atoms with Gasteiger partial charge in [-0.1, -0.05) is 163 Å². The van der Waals surface area contributed by atoms with Crippen LogP contribution in [0.2, 0.25) is 0 Å². The molecule has 2 nitrogen and oxygen atoms in total. The minimum Gasteiger partial charge on any atom is -0.312 e. The van der Waals surface area contributed by atoms with Gasteiger partial charge in [-0.25, -0.2) is 8.78 Å². The van der Waals surface area contributed by atoms with Crippen LogP contribution in [-0.2, 0) is 27.1 Å². The monoisotopic (exact) mass is 1050 g/mol. The zero-order valence-electron chi connectivity index (χ0n) is 49.1. The molecule has 1 fully saturated rings. The van der Waals surface area contributed by atoms with E-state index in [1.165, 1.54) is 95.3 Å². The first-order valence-corrected chi connectivity index (χ1v) is 30.0. The Hall–Kier alpha value is -5.72. The lowest BCUT2D eigenvalue weighted by Crippen LogP contribution is -2.56. The molecule has 1 atom stereocenters. The molecule has 1 unspecified atom stereocenters. The second-order valence-electron chi connectivity index (χ2n) is 29.6. The summed E-state index contributed by atoms with van der Waals surface area (Å²) in [4.78, 5) is 5.27. The van der Waals surface area contributed by atoms with Gasteiger partial charge in [0.25, 0.3) is 6.71 Å². The average molecular weight is 1050 g/mol. The predicted octanol–water partition coefficient (Wildman–Crippen LogP) is 19.6. The molecule has 0 saturated heterocycles. The van der Waals surface area contributed by atoms with Crippen LogP contribution in [0.4, 0.5) is 37.2 Å². The molecule has 0 radical (unpaired) electrons. The van der Waals surface area contributed by atoms with Crippen molar-refractivity contribution >= 4 is 66.8 Å². The number of hydrogen-bond acceptors (Lipinski definition) is 3. The molecule has 0 N–H and O–H groups in total. The van der Waals surface area contributed by atoms with Crippen molar-refractivity contribution in [2.24, 2.45) is 16.7 Å². The molecular weight excluding hydrogens is 974 g/mol. The molecule has 0 bridgehead atoms. The van der Waals surface area contributed by atoms with E-state index in [1.54, 1.807) is 5.57 Å². The van der Waals surface area contributed by atoms with E-state index < -0.39 is 11.6 Å². The summed E-state index contributed by atoms with van der Waals surface area (Å²) in [6, 6.07) is 38.9. The van der Waals surface area contributed by atoms with Crippen molar-refractivity contribution in [2.75, 3.05) is 9.80 Å². The summed E-state index contributed by atoms with van der Waals surface area (Å²) in [6.07, 6.45) is 10.5. The molecule has 4 aliphatic carbocycles. The molecule has 7 aromatic rings. The molecule has 78 heavy (non-hydrogen) atoms. The summed E-state index contributed by atoms with van der Waals surface area (Å²) in [5.74, 6) is -0.751. The number of fused-ring (bicyclic) bond motifs is 8. The number of rotatable bonds is 4. The van der Waals surface area contributed by atoms with Gasteiger partial charge in [-0.3, -0.25) is 0 Å². The average Bonchev–Trinajstić information content (AvgIpc) is 2.86. The predicted molar refractivity (Wildman–Crippen MR) is 330 cm³/mol. The summed E-state index contributed by atoms with van der Waals surface area (Å²) < 4.78 is 35.4. The Balaban J connectivity index is 1.20. The lowest BCUT2D eigenvalue weighted by atomic mass is 9.33. The van der Waals surface area contributed by atoms with Crippen molar-refractivity contribution in [3.05, 3.63) is 171 Å². The maximum absolute atomic E-state index is 16.3. The molecule has 13 rings (SSSR count). The maximum atomic E-state index is 16.3. The third-order valence-electron chi connectivity index (χ3n) is 20.7. The first kappa shape index (κ1) is 51.7. The van der Waals surface area contributed by atoms with Crippen LogP contribution in [0.3, 0.4) is 0 Å². The van der Waals surface area contributed by atoms with E-state index in [4.69, 9.17) is 0 Å². The number of thiophene rings is 1. The SMILES string of the molecule is CC1(C)CCC(C)(C)C2CC3=C(C=C21)N(c1ccc2c(c1)C(C)(C)CCC2(C)C)c1cc(-c2ccccc2-c2c(F)cccc2F)cc2c1B3c1sc3cc4c(cc3c1N2c1ccc(C(C)(C)C)cc1)C(C)(C)CCC4(C)C. The topological polar surface area (TPSA) is 6.48 Å². The van der Waals surface area contributed by atoms with Gasteiger partial charge in [0, 0.05) is 43.3 Å². The van der Waals surface area contributed by atoms with Gasteiger partial charge in [0.1, 0.15) is 11.6 Å². The molecule has 6 heteroatoms. The fourth-order valence-corrected chi connectivity index (χ4v) is 16.7. The summed E-state index contributed by atoms with van der Waals surface area (Å²) in [7, 11) is 0. The standard InChI is InChI=1S/C72H79BF2N2S/c1-66(2,3)43-23-25-44(26-24-43)77-60-36-42(46-19-16-17-20-47(46)62-56(74)21-18-22-57(62)75)35-59-63(60)73(65-64(77)48-38-51-54(41-61(48)78-65)72(14,15)34-31-69(51,8)9)55-39-52-53(71(12,13)33-32-70(52,10)11)40-58(55)76(59)45-27-28-49-50(37-45)68(6,7)30-29-67(49,4)5/h16-28,35-38,40-41,52H,29-34,39H2,1-15H3. The molecule has 2 aliphatic heterocycles. The van der Waals surface area contributed by atoms with Gasteiger partial charge in [-0.2, -0.15) is 0 Å².